The highest BCUT2D eigenvalue weighted by atomic mass is 32.2. The number of thioether (sulfide) groups is 1. The van der Waals surface area contributed by atoms with E-state index < -0.39 is 0 Å². The third-order valence-electron chi connectivity index (χ3n) is 6.64. The molecule has 30 heavy (non-hydrogen) atoms. The largest absolute Gasteiger partial charge is 0.353 e. The molecule has 0 spiro atoms. The van der Waals surface area contributed by atoms with Crippen LogP contribution in [0.3, 0.4) is 0 Å². The lowest BCUT2D eigenvalue weighted by molar-refractivity contribution is -0.119. The zero-order valence-electron chi connectivity index (χ0n) is 16.9. The van der Waals surface area contributed by atoms with Gasteiger partial charge in [-0.15, -0.1) is 11.3 Å². The van der Waals surface area contributed by atoms with Crippen molar-refractivity contribution in [3.05, 3.63) is 52.1 Å². The minimum atomic E-state index is -0.0919. The molecule has 2 saturated carbocycles. The number of hydrogen-bond donors (Lipinski definition) is 1. The molecule has 3 aromatic rings. The Hall–Kier alpha value is -2.12. The Labute approximate surface area is 183 Å². The van der Waals surface area contributed by atoms with E-state index in [2.05, 4.69) is 12.2 Å². The molecule has 5 nitrogen and oxygen atoms in total. The van der Waals surface area contributed by atoms with Crippen molar-refractivity contribution in [3.8, 4) is 5.69 Å². The summed E-state index contributed by atoms with van der Waals surface area (Å²) < 4.78 is 1.62. The van der Waals surface area contributed by atoms with E-state index in [4.69, 9.17) is 4.98 Å². The molecule has 1 amide bonds. The minimum Gasteiger partial charge on any atom is -0.353 e. The fraction of sp³-hybridized carbons (Fsp3) is 0.435. The number of carbonyl (C=O) groups excluding carboxylic acids is 1. The fourth-order valence-electron chi connectivity index (χ4n) is 5.24. The average Bonchev–Trinajstić information content (AvgIpc) is 3.50. The van der Waals surface area contributed by atoms with Crippen LogP contribution in [0.1, 0.15) is 32.6 Å². The summed E-state index contributed by atoms with van der Waals surface area (Å²) in [4.78, 5) is 31.2. The summed E-state index contributed by atoms with van der Waals surface area (Å²) in [6, 6.07) is 11.5. The van der Waals surface area contributed by atoms with Crippen molar-refractivity contribution in [2.24, 2.45) is 17.8 Å². The van der Waals surface area contributed by atoms with Gasteiger partial charge in [-0.25, -0.2) is 4.98 Å². The van der Waals surface area contributed by atoms with E-state index in [9.17, 15) is 9.59 Å². The zero-order valence-corrected chi connectivity index (χ0v) is 18.5. The molecular formula is C23H25N3O2S2. The highest BCUT2D eigenvalue weighted by Gasteiger charge is 2.42. The van der Waals surface area contributed by atoms with E-state index in [-0.39, 0.29) is 23.3 Å². The molecule has 2 bridgehead atoms. The molecule has 4 atom stereocenters. The van der Waals surface area contributed by atoms with Crippen molar-refractivity contribution in [1.29, 1.82) is 0 Å². The van der Waals surface area contributed by atoms with E-state index >= 15 is 0 Å². The molecule has 1 aromatic carbocycles. The van der Waals surface area contributed by atoms with Gasteiger partial charge < -0.3 is 5.32 Å². The van der Waals surface area contributed by atoms with Crippen LogP contribution in [-0.2, 0) is 4.79 Å². The molecule has 7 heteroatoms. The molecule has 1 N–H and O–H groups in total. The number of hydrogen-bond acceptors (Lipinski definition) is 5. The quantitative estimate of drug-likeness (QED) is 0.454. The van der Waals surface area contributed by atoms with E-state index in [0.29, 0.717) is 21.3 Å². The first-order valence-corrected chi connectivity index (χ1v) is 12.4. The summed E-state index contributed by atoms with van der Waals surface area (Å²) in [5.74, 6) is 2.53. The molecular weight excluding hydrogens is 414 g/mol. The van der Waals surface area contributed by atoms with Crippen LogP contribution in [0.2, 0.25) is 0 Å². The molecule has 2 aliphatic rings. The van der Waals surface area contributed by atoms with Crippen LogP contribution in [0.15, 0.2) is 51.7 Å². The van der Waals surface area contributed by atoms with Gasteiger partial charge in [0.1, 0.15) is 4.83 Å². The summed E-state index contributed by atoms with van der Waals surface area (Å²) in [6.07, 6.45) is 5.28. The van der Waals surface area contributed by atoms with Crippen molar-refractivity contribution < 1.29 is 4.79 Å². The summed E-state index contributed by atoms with van der Waals surface area (Å²) in [6.45, 7) is 2.14. The lowest BCUT2D eigenvalue weighted by atomic mass is 9.84. The molecule has 0 saturated heterocycles. The second-order valence-electron chi connectivity index (χ2n) is 8.49. The number of nitrogens with one attached hydrogen (secondary N) is 1. The third-order valence-corrected chi connectivity index (χ3v) is 8.38. The topological polar surface area (TPSA) is 64.0 Å². The van der Waals surface area contributed by atoms with Crippen molar-refractivity contribution >= 4 is 39.2 Å². The van der Waals surface area contributed by atoms with Gasteiger partial charge >= 0.3 is 0 Å². The number of thiophene rings is 1. The van der Waals surface area contributed by atoms with Gasteiger partial charge in [0, 0.05) is 6.04 Å². The number of benzene rings is 1. The van der Waals surface area contributed by atoms with Gasteiger partial charge in [0.15, 0.2) is 5.16 Å². The van der Waals surface area contributed by atoms with Crippen LogP contribution >= 0.6 is 23.1 Å². The van der Waals surface area contributed by atoms with Gasteiger partial charge in [-0.2, -0.15) is 0 Å². The SMILES string of the molecule is C[C@H](NC(=O)CSc1nc2sccc2c(=O)n1-c1ccccc1)[C@H]1C[C@@H]2CC[C@@H]1C2. The number of aromatic nitrogens is 2. The minimum absolute atomic E-state index is 0.00964. The van der Waals surface area contributed by atoms with Gasteiger partial charge in [0.25, 0.3) is 5.56 Å². The van der Waals surface area contributed by atoms with Crippen LogP contribution in [0.25, 0.3) is 15.9 Å². The zero-order chi connectivity index (χ0) is 20.7. The molecule has 5 rings (SSSR count). The smallest absolute Gasteiger partial charge is 0.267 e. The van der Waals surface area contributed by atoms with Crippen molar-refractivity contribution in [1.82, 2.24) is 14.9 Å². The Morgan fingerprint density at radius 2 is 2.10 bits per heavy atom. The standard InChI is InChI=1S/C23H25N3O2S2/c1-14(19-12-15-7-8-16(19)11-15)24-20(27)13-30-23-25-21-18(9-10-29-21)22(28)26(23)17-5-3-2-4-6-17/h2-6,9-10,14-16,19H,7-8,11-13H2,1H3,(H,24,27)/t14-,15+,16+,19+/m0/s1. The summed E-state index contributed by atoms with van der Waals surface area (Å²) in [7, 11) is 0. The lowest BCUT2D eigenvalue weighted by Crippen LogP contribution is -2.41. The van der Waals surface area contributed by atoms with Crippen LogP contribution in [-0.4, -0.2) is 27.3 Å². The number of carbonyl (C=O) groups is 1. The Kier molecular flexibility index (Phi) is 5.41. The molecule has 2 fully saturated rings. The summed E-state index contributed by atoms with van der Waals surface area (Å²) >= 11 is 2.78. The summed E-state index contributed by atoms with van der Waals surface area (Å²) in [5, 5.41) is 6.26. The normalized spacial score (nSPS) is 23.7. The Bertz CT molecular complexity index is 1120. The molecule has 2 aromatic heterocycles. The van der Waals surface area contributed by atoms with Crippen molar-refractivity contribution in [2.45, 2.75) is 43.8 Å². The van der Waals surface area contributed by atoms with Crippen LogP contribution in [0, 0.1) is 17.8 Å². The molecule has 156 valence electrons. The van der Waals surface area contributed by atoms with Crippen molar-refractivity contribution in [3.63, 3.8) is 0 Å². The molecule has 2 aliphatic carbocycles. The highest BCUT2D eigenvalue weighted by Crippen LogP contribution is 2.49. The average molecular weight is 440 g/mol. The Morgan fingerprint density at radius 3 is 2.83 bits per heavy atom. The van der Waals surface area contributed by atoms with E-state index in [1.165, 1.54) is 48.8 Å². The maximum absolute atomic E-state index is 13.1. The van der Waals surface area contributed by atoms with Gasteiger partial charge in [-0.3, -0.25) is 14.2 Å². The van der Waals surface area contributed by atoms with Crippen molar-refractivity contribution in [2.75, 3.05) is 5.75 Å². The molecule has 0 aliphatic heterocycles. The highest BCUT2D eigenvalue weighted by molar-refractivity contribution is 7.99. The van der Waals surface area contributed by atoms with Gasteiger partial charge in [-0.05, 0) is 67.5 Å². The third kappa shape index (κ3) is 3.69. The first-order chi connectivity index (χ1) is 14.6. The maximum Gasteiger partial charge on any atom is 0.267 e. The molecule has 0 unspecified atom stereocenters. The second-order valence-corrected chi connectivity index (χ2v) is 10.3. The van der Waals surface area contributed by atoms with E-state index in [1.54, 1.807) is 4.57 Å². The van der Waals surface area contributed by atoms with Crippen LogP contribution in [0.5, 0.6) is 0 Å². The number of fused-ring (bicyclic) bond motifs is 3. The number of rotatable bonds is 6. The molecule has 2 heterocycles. The summed E-state index contributed by atoms with van der Waals surface area (Å²) in [5.41, 5.74) is 0.673. The monoisotopic (exact) mass is 439 g/mol. The Morgan fingerprint density at radius 1 is 1.27 bits per heavy atom. The number of nitrogens with zero attached hydrogens (tertiary/aromatic N) is 2. The lowest BCUT2D eigenvalue weighted by Gasteiger charge is -2.28. The van der Waals surface area contributed by atoms with Gasteiger partial charge in [0.05, 0.1) is 16.8 Å². The number of amides is 1. The second kappa shape index (κ2) is 8.19. The van der Waals surface area contributed by atoms with E-state index in [1.807, 2.05) is 41.8 Å². The Balaban J connectivity index is 1.33. The first-order valence-electron chi connectivity index (χ1n) is 10.6. The van der Waals surface area contributed by atoms with Gasteiger partial charge in [-0.1, -0.05) is 36.4 Å². The van der Waals surface area contributed by atoms with E-state index in [0.717, 1.165) is 17.5 Å². The van der Waals surface area contributed by atoms with Gasteiger partial charge in [0.2, 0.25) is 5.91 Å². The number of para-hydroxylation sites is 1. The maximum atomic E-state index is 13.1. The molecule has 0 radical (unpaired) electrons. The predicted octanol–water partition coefficient (Wildman–Crippen LogP) is 4.48. The van der Waals surface area contributed by atoms with Crippen LogP contribution in [0.4, 0.5) is 0 Å². The van der Waals surface area contributed by atoms with Crippen LogP contribution < -0.4 is 10.9 Å². The fourth-order valence-corrected chi connectivity index (χ4v) is 6.86. The predicted molar refractivity (Wildman–Crippen MR) is 122 cm³/mol. The first kappa shape index (κ1) is 19.8.